The van der Waals surface area contributed by atoms with Crippen LogP contribution in [0.15, 0.2) is 18.2 Å². The van der Waals surface area contributed by atoms with Gasteiger partial charge in [-0.1, -0.05) is 6.07 Å². The van der Waals surface area contributed by atoms with Gasteiger partial charge in [0.05, 0.1) is 25.7 Å². The molecule has 0 aliphatic heterocycles. The van der Waals surface area contributed by atoms with E-state index in [1.807, 2.05) is 0 Å². The van der Waals surface area contributed by atoms with Gasteiger partial charge >= 0.3 is 5.97 Å². The minimum absolute atomic E-state index is 0.00343. The van der Waals surface area contributed by atoms with Crippen LogP contribution in [0.25, 0.3) is 0 Å². The van der Waals surface area contributed by atoms with Gasteiger partial charge in [-0.15, -0.1) is 0 Å². The van der Waals surface area contributed by atoms with E-state index in [1.165, 1.54) is 7.11 Å². The second-order valence-electron chi connectivity index (χ2n) is 2.99. The average molecular weight is 224 g/mol. The quantitative estimate of drug-likeness (QED) is 0.738. The molecule has 0 spiro atoms. The Bertz CT molecular complexity index is 386. The summed E-state index contributed by atoms with van der Waals surface area (Å²) in [6.45, 7) is -0.00343. The molecule has 86 valence electrons. The van der Waals surface area contributed by atoms with Crippen molar-refractivity contribution in [2.75, 3.05) is 13.7 Å². The number of methoxy groups -OCH3 is 1. The van der Waals surface area contributed by atoms with Crippen molar-refractivity contribution in [3.63, 3.8) is 0 Å². The van der Waals surface area contributed by atoms with Gasteiger partial charge in [-0.2, -0.15) is 0 Å². The molecule has 0 bridgehead atoms. The highest BCUT2D eigenvalue weighted by Crippen LogP contribution is 2.29. The summed E-state index contributed by atoms with van der Waals surface area (Å²) in [5.74, 6) is -0.265. The van der Waals surface area contributed by atoms with Crippen molar-refractivity contribution in [2.45, 2.75) is 6.42 Å². The molecule has 0 aliphatic carbocycles. The summed E-state index contributed by atoms with van der Waals surface area (Å²) in [5, 5.41) is 8.46. The van der Waals surface area contributed by atoms with Gasteiger partial charge in [0.2, 0.25) is 0 Å². The second-order valence-corrected chi connectivity index (χ2v) is 2.99. The standard InChI is InChI=1S/C11H12O5/c1-15-9-4-2-3-8(7-12)11(9)16-6-5-10(13)14/h2-4,7H,5-6H2,1H3,(H,13,14). The Balaban J connectivity index is 2.82. The summed E-state index contributed by atoms with van der Waals surface area (Å²) >= 11 is 0. The van der Waals surface area contributed by atoms with E-state index in [-0.39, 0.29) is 18.8 Å². The largest absolute Gasteiger partial charge is 0.493 e. The summed E-state index contributed by atoms with van der Waals surface area (Å²) in [4.78, 5) is 21.1. The normalized spacial score (nSPS) is 9.56. The van der Waals surface area contributed by atoms with E-state index >= 15 is 0 Å². The minimum atomic E-state index is -0.956. The van der Waals surface area contributed by atoms with Crippen LogP contribution in [0.3, 0.4) is 0 Å². The zero-order valence-electron chi connectivity index (χ0n) is 8.80. The average Bonchev–Trinajstić information content (AvgIpc) is 2.28. The first-order valence-electron chi connectivity index (χ1n) is 4.65. The smallest absolute Gasteiger partial charge is 0.306 e. The molecule has 0 aromatic heterocycles. The molecule has 1 aromatic carbocycles. The number of aliphatic carboxylic acids is 1. The first-order valence-corrected chi connectivity index (χ1v) is 4.65. The van der Waals surface area contributed by atoms with Crippen molar-refractivity contribution < 1.29 is 24.2 Å². The van der Waals surface area contributed by atoms with E-state index < -0.39 is 5.97 Å². The topological polar surface area (TPSA) is 72.8 Å². The Morgan fingerprint density at radius 2 is 2.25 bits per heavy atom. The van der Waals surface area contributed by atoms with E-state index in [9.17, 15) is 9.59 Å². The van der Waals surface area contributed by atoms with Crippen LogP contribution >= 0.6 is 0 Å². The molecule has 1 rings (SSSR count). The number of carboxylic acids is 1. The summed E-state index contributed by atoms with van der Waals surface area (Å²) in [6, 6.07) is 4.88. The van der Waals surface area contributed by atoms with Gasteiger partial charge in [0, 0.05) is 0 Å². The van der Waals surface area contributed by atoms with E-state index in [2.05, 4.69) is 0 Å². The Morgan fingerprint density at radius 3 is 2.81 bits per heavy atom. The van der Waals surface area contributed by atoms with Crippen LogP contribution in [0.4, 0.5) is 0 Å². The Kier molecular flexibility index (Phi) is 4.32. The highest BCUT2D eigenvalue weighted by atomic mass is 16.5. The van der Waals surface area contributed by atoms with Gasteiger partial charge in [0.25, 0.3) is 0 Å². The molecule has 0 amide bonds. The van der Waals surface area contributed by atoms with Crippen LogP contribution in [0.5, 0.6) is 11.5 Å². The number of carbonyl (C=O) groups is 2. The van der Waals surface area contributed by atoms with Gasteiger partial charge < -0.3 is 14.6 Å². The number of carbonyl (C=O) groups excluding carboxylic acids is 1. The van der Waals surface area contributed by atoms with E-state index in [1.54, 1.807) is 18.2 Å². The zero-order valence-corrected chi connectivity index (χ0v) is 8.80. The third kappa shape index (κ3) is 2.98. The highest BCUT2D eigenvalue weighted by Gasteiger charge is 2.10. The van der Waals surface area contributed by atoms with Crippen molar-refractivity contribution in [2.24, 2.45) is 0 Å². The predicted octanol–water partition coefficient (Wildman–Crippen LogP) is 1.36. The van der Waals surface area contributed by atoms with Crippen molar-refractivity contribution in [1.29, 1.82) is 0 Å². The maximum atomic E-state index is 10.7. The van der Waals surface area contributed by atoms with Gasteiger partial charge in [-0.05, 0) is 12.1 Å². The number of carboxylic acid groups (broad SMARTS) is 1. The lowest BCUT2D eigenvalue weighted by molar-refractivity contribution is -0.137. The number of hydrogen-bond donors (Lipinski definition) is 1. The third-order valence-electron chi connectivity index (χ3n) is 1.92. The molecule has 1 N–H and O–H groups in total. The van der Waals surface area contributed by atoms with Crippen molar-refractivity contribution >= 4 is 12.3 Å². The molecule has 0 fully saturated rings. The number of ether oxygens (including phenoxy) is 2. The fourth-order valence-corrected chi connectivity index (χ4v) is 1.18. The van der Waals surface area contributed by atoms with Crippen LogP contribution < -0.4 is 9.47 Å². The number of rotatable bonds is 6. The first kappa shape index (κ1) is 12.0. The molecule has 16 heavy (non-hydrogen) atoms. The molecule has 0 saturated carbocycles. The Morgan fingerprint density at radius 1 is 1.50 bits per heavy atom. The van der Waals surface area contributed by atoms with Gasteiger partial charge in [0.15, 0.2) is 17.8 Å². The summed E-state index contributed by atoms with van der Waals surface area (Å²) in [7, 11) is 1.45. The minimum Gasteiger partial charge on any atom is -0.493 e. The molecule has 0 heterocycles. The number of aldehydes is 1. The molecular formula is C11H12O5. The number of para-hydroxylation sites is 1. The highest BCUT2D eigenvalue weighted by molar-refractivity contribution is 5.81. The monoisotopic (exact) mass is 224 g/mol. The number of benzene rings is 1. The van der Waals surface area contributed by atoms with Gasteiger partial charge in [0.1, 0.15) is 0 Å². The third-order valence-corrected chi connectivity index (χ3v) is 1.92. The molecule has 0 unspecified atom stereocenters. The molecule has 0 atom stereocenters. The first-order chi connectivity index (χ1) is 7.69. The Labute approximate surface area is 92.6 Å². The molecule has 0 saturated heterocycles. The number of hydrogen-bond acceptors (Lipinski definition) is 4. The molecular weight excluding hydrogens is 212 g/mol. The van der Waals surface area contributed by atoms with Crippen LogP contribution in [0.2, 0.25) is 0 Å². The molecule has 0 radical (unpaired) electrons. The Hall–Kier alpha value is -2.04. The van der Waals surface area contributed by atoms with Crippen LogP contribution in [0.1, 0.15) is 16.8 Å². The lowest BCUT2D eigenvalue weighted by Crippen LogP contribution is -2.07. The van der Waals surface area contributed by atoms with Crippen LogP contribution in [-0.4, -0.2) is 31.1 Å². The fourth-order valence-electron chi connectivity index (χ4n) is 1.18. The summed E-state index contributed by atoms with van der Waals surface area (Å²) in [5.41, 5.74) is 0.338. The van der Waals surface area contributed by atoms with Crippen LogP contribution in [0, 0.1) is 0 Å². The predicted molar refractivity (Wildman–Crippen MR) is 56.1 cm³/mol. The van der Waals surface area contributed by atoms with Crippen molar-refractivity contribution in [3.8, 4) is 11.5 Å². The molecule has 1 aromatic rings. The maximum Gasteiger partial charge on any atom is 0.306 e. The second kappa shape index (κ2) is 5.75. The van der Waals surface area contributed by atoms with Gasteiger partial charge in [-0.25, -0.2) is 0 Å². The summed E-state index contributed by atoms with van der Waals surface area (Å²) in [6.07, 6.45) is 0.509. The maximum absolute atomic E-state index is 10.7. The van der Waals surface area contributed by atoms with E-state index in [0.717, 1.165) is 0 Å². The lowest BCUT2D eigenvalue weighted by Gasteiger charge is -2.11. The van der Waals surface area contributed by atoms with E-state index in [0.29, 0.717) is 17.6 Å². The molecule has 5 heteroatoms. The zero-order chi connectivity index (χ0) is 12.0. The lowest BCUT2D eigenvalue weighted by atomic mass is 10.2. The molecule has 0 aliphatic rings. The SMILES string of the molecule is COc1cccc(C=O)c1OCCC(=O)O. The van der Waals surface area contributed by atoms with E-state index in [4.69, 9.17) is 14.6 Å². The van der Waals surface area contributed by atoms with Crippen molar-refractivity contribution in [1.82, 2.24) is 0 Å². The molecule has 5 nitrogen and oxygen atoms in total. The van der Waals surface area contributed by atoms with Crippen LogP contribution in [-0.2, 0) is 4.79 Å². The fraction of sp³-hybridized carbons (Fsp3) is 0.273. The van der Waals surface area contributed by atoms with Crippen molar-refractivity contribution in [3.05, 3.63) is 23.8 Å². The van der Waals surface area contributed by atoms with Gasteiger partial charge in [-0.3, -0.25) is 9.59 Å². The summed E-state index contributed by atoms with van der Waals surface area (Å²) < 4.78 is 10.2.